The molecule has 0 atom stereocenters. The van der Waals surface area contributed by atoms with Crippen molar-refractivity contribution in [2.75, 3.05) is 12.3 Å². The lowest BCUT2D eigenvalue weighted by Gasteiger charge is -2.08. The fraction of sp³-hybridized carbons (Fsp3) is 0.316. The quantitative estimate of drug-likeness (QED) is 0.567. The number of aromatic nitrogens is 3. The van der Waals surface area contributed by atoms with Crippen LogP contribution < -0.4 is 5.32 Å². The molecule has 1 amide bonds. The van der Waals surface area contributed by atoms with E-state index in [1.165, 1.54) is 17.3 Å². The number of rotatable bonds is 9. The highest BCUT2D eigenvalue weighted by Crippen LogP contribution is 2.27. The highest BCUT2D eigenvalue weighted by Gasteiger charge is 2.15. The van der Waals surface area contributed by atoms with E-state index in [4.69, 9.17) is 0 Å². The molecule has 2 heterocycles. The molecule has 3 aromatic rings. The first-order valence-electron chi connectivity index (χ1n) is 8.68. The Balaban J connectivity index is 1.53. The Morgan fingerprint density at radius 1 is 1.19 bits per heavy atom. The maximum atomic E-state index is 12.1. The molecule has 0 radical (unpaired) electrons. The van der Waals surface area contributed by atoms with Crippen LogP contribution in [0.2, 0.25) is 0 Å². The summed E-state index contributed by atoms with van der Waals surface area (Å²) < 4.78 is 2.10. The van der Waals surface area contributed by atoms with E-state index in [2.05, 4.69) is 39.1 Å². The van der Waals surface area contributed by atoms with Crippen molar-refractivity contribution in [1.82, 2.24) is 20.1 Å². The van der Waals surface area contributed by atoms with Crippen LogP contribution in [-0.2, 0) is 17.8 Å². The Morgan fingerprint density at radius 2 is 2.04 bits per heavy atom. The molecule has 0 aliphatic carbocycles. The third kappa shape index (κ3) is 4.95. The van der Waals surface area contributed by atoms with Crippen LogP contribution in [0.1, 0.15) is 18.9 Å². The molecule has 0 unspecified atom stereocenters. The molecule has 0 saturated heterocycles. The van der Waals surface area contributed by atoms with Gasteiger partial charge in [0.15, 0.2) is 11.0 Å². The monoisotopic (exact) mass is 386 g/mol. The van der Waals surface area contributed by atoms with Crippen molar-refractivity contribution in [3.8, 4) is 10.7 Å². The number of hydrogen-bond donors (Lipinski definition) is 1. The van der Waals surface area contributed by atoms with Gasteiger partial charge in [0.25, 0.3) is 0 Å². The predicted molar refractivity (Wildman–Crippen MR) is 108 cm³/mol. The third-order valence-electron chi connectivity index (χ3n) is 3.82. The van der Waals surface area contributed by atoms with E-state index in [1.807, 2.05) is 35.7 Å². The van der Waals surface area contributed by atoms with Crippen LogP contribution in [0, 0.1) is 0 Å². The number of nitrogens with one attached hydrogen (secondary N) is 1. The Hall–Kier alpha value is -2.12. The number of hydrogen-bond acceptors (Lipinski definition) is 5. The van der Waals surface area contributed by atoms with Crippen molar-refractivity contribution >= 4 is 29.0 Å². The summed E-state index contributed by atoms with van der Waals surface area (Å²) in [5, 5.41) is 14.4. The number of nitrogens with zero attached hydrogens (tertiary/aromatic N) is 3. The van der Waals surface area contributed by atoms with Gasteiger partial charge in [-0.05, 0) is 29.9 Å². The van der Waals surface area contributed by atoms with Gasteiger partial charge in [-0.2, -0.15) is 0 Å². The third-order valence-corrected chi connectivity index (χ3v) is 5.65. The van der Waals surface area contributed by atoms with Gasteiger partial charge in [-0.25, -0.2) is 0 Å². The van der Waals surface area contributed by atoms with Crippen LogP contribution >= 0.6 is 23.1 Å². The molecule has 1 aromatic carbocycles. The van der Waals surface area contributed by atoms with Gasteiger partial charge in [-0.1, -0.05) is 55.1 Å². The first-order valence-corrected chi connectivity index (χ1v) is 10.5. The van der Waals surface area contributed by atoms with E-state index in [-0.39, 0.29) is 5.91 Å². The molecule has 5 nitrogen and oxygen atoms in total. The average Bonchev–Trinajstić information content (AvgIpc) is 3.31. The van der Waals surface area contributed by atoms with Crippen LogP contribution in [0.5, 0.6) is 0 Å². The molecule has 0 saturated carbocycles. The normalized spacial score (nSPS) is 10.8. The highest BCUT2D eigenvalue weighted by molar-refractivity contribution is 7.99. The second kappa shape index (κ2) is 9.54. The van der Waals surface area contributed by atoms with Gasteiger partial charge in [0.2, 0.25) is 5.91 Å². The topological polar surface area (TPSA) is 59.8 Å². The fourth-order valence-corrected chi connectivity index (χ4v) is 4.09. The largest absolute Gasteiger partial charge is 0.355 e. The summed E-state index contributed by atoms with van der Waals surface area (Å²) in [4.78, 5) is 13.2. The van der Waals surface area contributed by atoms with Crippen LogP contribution in [0.25, 0.3) is 10.7 Å². The summed E-state index contributed by atoms with van der Waals surface area (Å²) in [5.41, 5.74) is 1.23. The first kappa shape index (κ1) is 18.7. The van der Waals surface area contributed by atoms with Gasteiger partial charge in [0, 0.05) is 13.1 Å². The molecule has 136 valence electrons. The highest BCUT2D eigenvalue weighted by atomic mass is 32.2. The van der Waals surface area contributed by atoms with Crippen LogP contribution in [0.3, 0.4) is 0 Å². The first-order chi connectivity index (χ1) is 12.8. The maximum Gasteiger partial charge on any atom is 0.230 e. The van der Waals surface area contributed by atoms with E-state index in [9.17, 15) is 4.79 Å². The number of amides is 1. The Morgan fingerprint density at radius 3 is 2.77 bits per heavy atom. The molecule has 26 heavy (non-hydrogen) atoms. The minimum atomic E-state index is 0.0228. The number of benzene rings is 1. The second-order valence-electron chi connectivity index (χ2n) is 5.81. The summed E-state index contributed by atoms with van der Waals surface area (Å²) in [6, 6.07) is 14.2. The lowest BCUT2D eigenvalue weighted by molar-refractivity contribution is -0.118. The average molecular weight is 387 g/mol. The molecule has 0 fully saturated rings. The lowest BCUT2D eigenvalue weighted by Crippen LogP contribution is -2.27. The van der Waals surface area contributed by atoms with Gasteiger partial charge in [0.05, 0.1) is 10.6 Å². The van der Waals surface area contributed by atoms with Crippen LogP contribution in [0.4, 0.5) is 0 Å². The molecule has 1 N–H and O–H groups in total. The van der Waals surface area contributed by atoms with Crippen molar-refractivity contribution < 1.29 is 4.79 Å². The van der Waals surface area contributed by atoms with Gasteiger partial charge in [-0.15, -0.1) is 21.5 Å². The second-order valence-corrected chi connectivity index (χ2v) is 7.70. The van der Waals surface area contributed by atoms with E-state index >= 15 is 0 Å². The molecule has 0 spiro atoms. The zero-order valence-corrected chi connectivity index (χ0v) is 16.4. The number of carbonyl (C=O) groups is 1. The van der Waals surface area contributed by atoms with Crippen molar-refractivity contribution in [3.05, 3.63) is 53.4 Å². The van der Waals surface area contributed by atoms with E-state index in [1.54, 1.807) is 11.3 Å². The van der Waals surface area contributed by atoms with E-state index in [0.717, 1.165) is 35.2 Å². The Kier molecular flexibility index (Phi) is 6.85. The zero-order valence-electron chi connectivity index (χ0n) is 14.7. The van der Waals surface area contributed by atoms with E-state index < -0.39 is 0 Å². The Labute approximate surface area is 161 Å². The predicted octanol–water partition coefficient (Wildman–Crippen LogP) is 3.87. The molecule has 2 aromatic heterocycles. The summed E-state index contributed by atoms with van der Waals surface area (Å²) in [5.74, 6) is 1.25. The molecule has 0 aliphatic rings. The summed E-state index contributed by atoms with van der Waals surface area (Å²) in [6.07, 6.45) is 1.83. The van der Waals surface area contributed by atoms with Crippen molar-refractivity contribution in [1.29, 1.82) is 0 Å². The standard InChI is InChI=1S/C19H22N4OS2/c1-2-12-23-18(16-9-6-13-25-16)21-22-19(23)26-14-17(24)20-11-10-15-7-4-3-5-8-15/h3-9,13H,2,10-12,14H2,1H3,(H,20,24). The summed E-state index contributed by atoms with van der Waals surface area (Å²) >= 11 is 3.09. The lowest BCUT2D eigenvalue weighted by atomic mass is 10.1. The zero-order chi connectivity index (χ0) is 18.2. The van der Waals surface area contributed by atoms with E-state index in [0.29, 0.717) is 12.3 Å². The molecular weight excluding hydrogens is 364 g/mol. The van der Waals surface area contributed by atoms with Crippen molar-refractivity contribution in [2.45, 2.75) is 31.5 Å². The molecule has 7 heteroatoms. The summed E-state index contributed by atoms with van der Waals surface area (Å²) in [6.45, 7) is 3.62. The van der Waals surface area contributed by atoms with Crippen LogP contribution in [0.15, 0.2) is 53.0 Å². The van der Waals surface area contributed by atoms with Crippen molar-refractivity contribution in [2.24, 2.45) is 0 Å². The fourth-order valence-electron chi connectivity index (χ4n) is 2.58. The number of thioether (sulfide) groups is 1. The van der Waals surface area contributed by atoms with Crippen molar-refractivity contribution in [3.63, 3.8) is 0 Å². The molecule has 0 bridgehead atoms. The number of thiophene rings is 1. The molecule has 0 aliphatic heterocycles. The minimum Gasteiger partial charge on any atom is -0.355 e. The van der Waals surface area contributed by atoms with Gasteiger partial charge < -0.3 is 9.88 Å². The molecular formula is C19H22N4OS2. The Bertz CT molecular complexity index is 815. The maximum absolute atomic E-state index is 12.1. The smallest absolute Gasteiger partial charge is 0.230 e. The van der Waals surface area contributed by atoms with Gasteiger partial charge >= 0.3 is 0 Å². The van der Waals surface area contributed by atoms with Gasteiger partial charge in [-0.3, -0.25) is 4.79 Å². The number of carbonyl (C=O) groups excluding carboxylic acids is 1. The van der Waals surface area contributed by atoms with Crippen LogP contribution in [-0.4, -0.2) is 33.0 Å². The minimum absolute atomic E-state index is 0.0228. The SMILES string of the molecule is CCCn1c(SCC(=O)NCCc2ccccc2)nnc1-c1cccs1. The molecule has 3 rings (SSSR count). The summed E-state index contributed by atoms with van der Waals surface area (Å²) in [7, 11) is 0. The van der Waals surface area contributed by atoms with Gasteiger partial charge in [0.1, 0.15) is 0 Å².